The smallest absolute Gasteiger partial charge is 0.177 e. The van der Waals surface area contributed by atoms with E-state index >= 15 is 0 Å². The van der Waals surface area contributed by atoms with Crippen molar-refractivity contribution >= 4 is 5.78 Å². The van der Waals surface area contributed by atoms with Gasteiger partial charge in [0.1, 0.15) is 12.4 Å². The second kappa shape index (κ2) is 2.63. The monoisotopic (exact) mass is 162 g/mol. The maximum atomic E-state index is 11.2. The average molecular weight is 162 g/mol. The fourth-order valence-corrected chi connectivity index (χ4v) is 1.42. The van der Waals surface area contributed by atoms with Crippen LogP contribution < -0.4 is 4.74 Å². The number of benzene rings is 1. The third-order valence-electron chi connectivity index (χ3n) is 2.24. The molecule has 2 heteroatoms. The Kier molecular flexibility index (Phi) is 1.61. The van der Waals surface area contributed by atoms with Crippen molar-refractivity contribution in [1.29, 1.82) is 0 Å². The molecule has 1 aromatic carbocycles. The van der Waals surface area contributed by atoms with E-state index in [0.29, 0.717) is 0 Å². The van der Waals surface area contributed by atoms with Gasteiger partial charge in [0.2, 0.25) is 0 Å². The van der Waals surface area contributed by atoms with Crippen LogP contribution in [0.4, 0.5) is 0 Å². The zero-order valence-electron chi connectivity index (χ0n) is 6.91. The van der Waals surface area contributed by atoms with Gasteiger partial charge < -0.3 is 4.74 Å². The number of Topliss-reactive ketones (excluding diaryl/α,β-unsaturated/α-hetero) is 1. The summed E-state index contributed by atoms with van der Waals surface area (Å²) in [5, 5.41) is 0. The maximum Gasteiger partial charge on any atom is 0.177 e. The minimum absolute atomic E-state index is 0.00468. The van der Waals surface area contributed by atoms with E-state index in [1.807, 2.05) is 31.2 Å². The van der Waals surface area contributed by atoms with Crippen molar-refractivity contribution < 1.29 is 9.53 Å². The molecule has 0 aromatic heterocycles. The van der Waals surface area contributed by atoms with Crippen LogP contribution in [0.1, 0.15) is 18.4 Å². The number of hydrogen-bond acceptors (Lipinski definition) is 2. The molecule has 1 atom stereocenters. The Labute approximate surface area is 71.2 Å². The number of carbonyl (C=O) groups is 1. The molecule has 1 unspecified atom stereocenters. The van der Waals surface area contributed by atoms with E-state index in [0.717, 1.165) is 11.3 Å². The lowest BCUT2D eigenvalue weighted by Crippen LogP contribution is -2.23. The number of rotatable bonds is 0. The van der Waals surface area contributed by atoms with Gasteiger partial charge in [-0.3, -0.25) is 4.79 Å². The van der Waals surface area contributed by atoms with Gasteiger partial charge in [0.25, 0.3) is 0 Å². The molecule has 0 saturated carbocycles. The van der Waals surface area contributed by atoms with E-state index in [2.05, 4.69) is 0 Å². The van der Waals surface area contributed by atoms with Crippen LogP contribution in [0, 0.1) is 0 Å². The van der Waals surface area contributed by atoms with Gasteiger partial charge in [-0.25, -0.2) is 0 Å². The van der Waals surface area contributed by atoms with E-state index in [9.17, 15) is 4.79 Å². The largest absolute Gasteiger partial charge is 0.486 e. The molecule has 0 N–H and O–H groups in total. The zero-order chi connectivity index (χ0) is 8.55. The van der Waals surface area contributed by atoms with Crippen molar-refractivity contribution in [2.45, 2.75) is 12.8 Å². The summed E-state index contributed by atoms with van der Waals surface area (Å²) < 4.78 is 5.26. The molecule has 0 spiro atoms. The van der Waals surface area contributed by atoms with Gasteiger partial charge in [0.05, 0.1) is 0 Å². The molecule has 0 radical (unpaired) electrons. The maximum absolute atomic E-state index is 11.2. The highest BCUT2D eigenvalue weighted by Crippen LogP contribution is 2.30. The minimum Gasteiger partial charge on any atom is -0.486 e. The van der Waals surface area contributed by atoms with Crippen LogP contribution in [0.25, 0.3) is 0 Å². The Morgan fingerprint density at radius 2 is 2.17 bits per heavy atom. The molecular weight excluding hydrogens is 152 g/mol. The summed E-state index contributed by atoms with van der Waals surface area (Å²) in [6, 6.07) is 7.69. The van der Waals surface area contributed by atoms with Crippen molar-refractivity contribution in [2.75, 3.05) is 6.61 Å². The molecule has 0 fully saturated rings. The summed E-state index contributed by atoms with van der Waals surface area (Å²) in [6.45, 7) is 2.14. The molecule has 1 aliphatic rings. The van der Waals surface area contributed by atoms with Crippen molar-refractivity contribution in [3.8, 4) is 5.75 Å². The summed E-state index contributed by atoms with van der Waals surface area (Å²) >= 11 is 0. The summed E-state index contributed by atoms with van der Waals surface area (Å²) in [7, 11) is 0. The normalized spacial score (nSPS) is 21.4. The minimum atomic E-state index is -0.00468. The quantitative estimate of drug-likeness (QED) is 0.581. The third kappa shape index (κ3) is 0.998. The van der Waals surface area contributed by atoms with Gasteiger partial charge >= 0.3 is 0 Å². The van der Waals surface area contributed by atoms with Gasteiger partial charge in [-0.15, -0.1) is 0 Å². The number of hydrogen-bond donors (Lipinski definition) is 0. The van der Waals surface area contributed by atoms with Crippen molar-refractivity contribution in [1.82, 2.24) is 0 Å². The van der Waals surface area contributed by atoms with E-state index in [1.165, 1.54) is 0 Å². The van der Waals surface area contributed by atoms with E-state index < -0.39 is 0 Å². The van der Waals surface area contributed by atoms with E-state index in [4.69, 9.17) is 4.74 Å². The zero-order valence-corrected chi connectivity index (χ0v) is 6.91. The van der Waals surface area contributed by atoms with Crippen LogP contribution in [-0.4, -0.2) is 12.4 Å². The molecule has 2 rings (SSSR count). The first-order valence-corrected chi connectivity index (χ1v) is 4.03. The first kappa shape index (κ1) is 7.35. The number of fused-ring (bicyclic) bond motifs is 1. The number of ketones is 1. The molecule has 1 heterocycles. The van der Waals surface area contributed by atoms with Gasteiger partial charge in [-0.05, 0) is 6.07 Å². The van der Waals surface area contributed by atoms with Gasteiger partial charge in [0, 0.05) is 11.5 Å². The fraction of sp³-hybridized carbons (Fsp3) is 0.300. The topological polar surface area (TPSA) is 26.3 Å². The highest BCUT2D eigenvalue weighted by Gasteiger charge is 2.23. The molecule has 0 saturated heterocycles. The number of para-hydroxylation sites is 1. The summed E-state index contributed by atoms with van der Waals surface area (Å²) in [5.74, 6) is 1.01. The van der Waals surface area contributed by atoms with Gasteiger partial charge in [0.15, 0.2) is 5.78 Å². The second-order valence-corrected chi connectivity index (χ2v) is 3.01. The molecule has 12 heavy (non-hydrogen) atoms. The molecule has 2 nitrogen and oxygen atoms in total. The Bertz CT molecular complexity index is 317. The Morgan fingerprint density at radius 1 is 1.42 bits per heavy atom. The molecule has 1 aromatic rings. The van der Waals surface area contributed by atoms with Crippen LogP contribution in [-0.2, 0) is 4.79 Å². The number of ether oxygens (including phenoxy) is 1. The SMILES string of the molecule is CC1C(=O)COc2ccccc21. The Hall–Kier alpha value is -1.31. The summed E-state index contributed by atoms with van der Waals surface area (Å²) in [6.07, 6.45) is 0. The van der Waals surface area contributed by atoms with Crippen molar-refractivity contribution in [3.05, 3.63) is 29.8 Å². The predicted molar refractivity (Wildman–Crippen MR) is 45.4 cm³/mol. The standard InChI is InChI=1S/C10H10O2/c1-7-8-4-2-3-5-10(8)12-6-9(7)11/h2-5,7H,6H2,1H3. The summed E-state index contributed by atoms with van der Waals surface area (Å²) in [5.41, 5.74) is 1.01. The molecule has 0 amide bonds. The second-order valence-electron chi connectivity index (χ2n) is 3.01. The van der Waals surface area contributed by atoms with Crippen molar-refractivity contribution in [2.24, 2.45) is 0 Å². The van der Waals surface area contributed by atoms with Crippen LogP contribution in [0.15, 0.2) is 24.3 Å². The lowest BCUT2D eigenvalue weighted by Gasteiger charge is -2.21. The highest BCUT2D eigenvalue weighted by atomic mass is 16.5. The third-order valence-corrected chi connectivity index (χ3v) is 2.24. The molecule has 1 aliphatic heterocycles. The van der Waals surface area contributed by atoms with Crippen LogP contribution >= 0.6 is 0 Å². The molecule has 62 valence electrons. The van der Waals surface area contributed by atoms with E-state index in [-0.39, 0.29) is 18.3 Å². The van der Waals surface area contributed by atoms with Gasteiger partial charge in [-0.2, -0.15) is 0 Å². The fourth-order valence-electron chi connectivity index (χ4n) is 1.42. The van der Waals surface area contributed by atoms with Crippen LogP contribution in [0.3, 0.4) is 0 Å². The van der Waals surface area contributed by atoms with E-state index in [1.54, 1.807) is 0 Å². The predicted octanol–water partition coefficient (Wildman–Crippen LogP) is 1.75. The number of carbonyl (C=O) groups excluding carboxylic acids is 1. The Morgan fingerprint density at radius 3 is 3.00 bits per heavy atom. The lowest BCUT2D eigenvalue weighted by atomic mass is 9.94. The summed E-state index contributed by atoms with van der Waals surface area (Å²) in [4.78, 5) is 11.2. The molecular formula is C10H10O2. The van der Waals surface area contributed by atoms with Crippen LogP contribution in [0.5, 0.6) is 5.75 Å². The average Bonchev–Trinajstić information content (AvgIpc) is 2.12. The molecule has 0 aliphatic carbocycles. The highest BCUT2D eigenvalue weighted by molar-refractivity contribution is 5.88. The first-order chi connectivity index (χ1) is 5.79. The first-order valence-electron chi connectivity index (χ1n) is 4.03. The van der Waals surface area contributed by atoms with Crippen molar-refractivity contribution in [3.63, 3.8) is 0 Å². The lowest BCUT2D eigenvalue weighted by molar-refractivity contribution is -0.123. The van der Waals surface area contributed by atoms with Gasteiger partial charge in [-0.1, -0.05) is 25.1 Å². The molecule has 0 bridgehead atoms. The Balaban J connectivity index is 2.48. The van der Waals surface area contributed by atoms with Crippen LogP contribution in [0.2, 0.25) is 0 Å².